The molecule has 1 unspecified atom stereocenters. The summed E-state index contributed by atoms with van der Waals surface area (Å²) >= 11 is 0. The summed E-state index contributed by atoms with van der Waals surface area (Å²) in [4.78, 5) is 21.7. The number of carbonyl (C=O) groups excluding carboxylic acids is 1. The normalized spacial score (nSPS) is 17.3. The molecule has 0 aliphatic carbocycles. The number of halogens is 4. The van der Waals surface area contributed by atoms with Crippen molar-refractivity contribution in [1.82, 2.24) is 24.5 Å². The van der Waals surface area contributed by atoms with Crippen LogP contribution in [0.25, 0.3) is 5.78 Å². The fourth-order valence-corrected chi connectivity index (χ4v) is 3.23. The van der Waals surface area contributed by atoms with Crippen molar-refractivity contribution >= 4 is 17.5 Å². The second-order valence-corrected chi connectivity index (χ2v) is 6.80. The minimum absolute atomic E-state index is 0.201. The van der Waals surface area contributed by atoms with Gasteiger partial charge in [0.15, 0.2) is 0 Å². The maximum atomic E-state index is 13.0. The minimum atomic E-state index is -4.70. The molecule has 1 aliphatic rings. The van der Waals surface area contributed by atoms with Crippen LogP contribution >= 0.6 is 0 Å². The van der Waals surface area contributed by atoms with Crippen LogP contribution in [-0.2, 0) is 17.5 Å². The molecule has 1 N–H and O–H groups in total. The number of hydrogen-bond acceptors (Lipinski definition) is 5. The number of nitrogens with zero attached hydrogens (tertiary/aromatic N) is 5. The van der Waals surface area contributed by atoms with E-state index >= 15 is 0 Å². The number of fused-ring (bicyclic) bond motifs is 1. The highest BCUT2D eigenvalue weighted by molar-refractivity contribution is 5.86. The van der Waals surface area contributed by atoms with Crippen LogP contribution in [0.4, 0.5) is 23.4 Å². The van der Waals surface area contributed by atoms with E-state index in [0.717, 1.165) is 10.1 Å². The first-order valence-corrected chi connectivity index (χ1v) is 8.82. The molecule has 0 radical (unpaired) electrons. The van der Waals surface area contributed by atoms with E-state index < -0.39 is 18.0 Å². The molecule has 3 aromatic rings. The van der Waals surface area contributed by atoms with Crippen molar-refractivity contribution in [1.29, 1.82) is 0 Å². The number of carbonyl (C=O) groups is 1. The Morgan fingerprint density at radius 3 is 2.62 bits per heavy atom. The van der Waals surface area contributed by atoms with Crippen LogP contribution in [0.15, 0.2) is 30.3 Å². The third-order valence-corrected chi connectivity index (χ3v) is 4.60. The van der Waals surface area contributed by atoms with Crippen LogP contribution in [0.2, 0.25) is 0 Å². The van der Waals surface area contributed by atoms with E-state index in [1.807, 2.05) is 0 Å². The van der Waals surface area contributed by atoms with Crippen molar-refractivity contribution in [2.24, 2.45) is 0 Å². The lowest BCUT2D eigenvalue weighted by atomic mass is 10.2. The lowest BCUT2D eigenvalue weighted by Gasteiger charge is -2.18. The Morgan fingerprint density at radius 2 is 1.93 bits per heavy atom. The van der Waals surface area contributed by atoms with E-state index in [9.17, 15) is 22.4 Å². The van der Waals surface area contributed by atoms with Gasteiger partial charge in [0.25, 0.3) is 11.6 Å². The average Bonchev–Trinajstić information content (AvgIpc) is 3.22. The van der Waals surface area contributed by atoms with Crippen LogP contribution in [0.1, 0.15) is 23.5 Å². The molecular weight excluding hydrogens is 392 g/mol. The number of aromatic nitrogens is 4. The lowest BCUT2D eigenvalue weighted by molar-refractivity contribution is -0.144. The van der Waals surface area contributed by atoms with Gasteiger partial charge in [0.1, 0.15) is 17.7 Å². The van der Waals surface area contributed by atoms with Crippen molar-refractivity contribution in [3.8, 4) is 0 Å². The molecule has 0 saturated carbocycles. The van der Waals surface area contributed by atoms with E-state index in [4.69, 9.17) is 0 Å². The van der Waals surface area contributed by atoms with Gasteiger partial charge in [-0.05, 0) is 31.0 Å². The van der Waals surface area contributed by atoms with Gasteiger partial charge in [0, 0.05) is 24.8 Å². The summed E-state index contributed by atoms with van der Waals surface area (Å²) in [5, 5.41) is 6.45. The second kappa shape index (κ2) is 6.98. The number of alkyl halides is 3. The van der Waals surface area contributed by atoms with E-state index in [0.29, 0.717) is 25.2 Å². The highest BCUT2D eigenvalue weighted by atomic mass is 19.4. The molecule has 3 heterocycles. The van der Waals surface area contributed by atoms with E-state index in [2.05, 4.69) is 20.4 Å². The molecule has 152 valence electrons. The zero-order chi connectivity index (χ0) is 20.8. The zero-order valence-corrected chi connectivity index (χ0v) is 15.2. The van der Waals surface area contributed by atoms with Gasteiger partial charge in [-0.3, -0.25) is 4.79 Å². The smallest absolute Gasteiger partial charge is 0.358 e. The van der Waals surface area contributed by atoms with Crippen LogP contribution in [0, 0.1) is 12.7 Å². The fourth-order valence-electron chi connectivity index (χ4n) is 3.23. The van der Waals surface area contributed by atoms with Crippen molar-refractivity contribution in [3.63, 3.8) is 0 Å². The van der Waals surface area contributed by atoms with Gasteiger partial charge in [-0.15, -0.1) is 5.10 Å². The Bertz CT molecular complexity index is 1060. The maximum absolute atomic E-state index is 13.0. The predicted molar refractivity (Wildman–Crippen MR) is 94.4 cm³/mol. The van der Waals surface area contributed by atoms with Gasteiger partial charge >= 0.3 is 6.18 Å². The number of likely N-dealkylation sites (tertiary alicyclic amines) is 1. The third kappa shape index (κ3) is 3.84. The number of amides is 1. The molecule has 1 atom stereocenters. The Labute approximate surface area is 162 Å². The lowest BCUT2D eigenvalue weighted by Crippen LogP contribution is -2.33. The van der Waals surface area contributed by atoms with Crippen molar-refractivity contribution in [3.05, 3.63) is 53.2 Å². The molecule has 29 heavy (non-hydrogen) atoms. The highest BCUT2D eigenvalue weighted by Crippen LogP contribution is 2.27. The summed E-state index contributed by atoms with van der Waals surface area (Å²) in [7, 11) is 0. The van der Waals surface area contributed by atoms with Crippen LogP contribution in [-0.4, -0.2) is 43.0 Å². The van der Waals surface area contributed by atoms with E-state index in [-0.39, 0.29) is 23.3 Å². The molecule has 0 spiro atoms. The van der Waals surface area contributed by atoms with Gasteiger partial charge in [-0.25, -0.2) is 9.37 Å². The van der Waals surface area contributed by atoms with Crippen LogP contribution in [0.3, 0.4) is 0 Å². The largest absolute Gasteiger partial charge is 0.453 e. The quantitative estimate of drug-likeness (QED) is 0.672. The molecule has 1 amide bonds. The summed E-state index contributed by atoms with van der Waals surface area (Å²) in [6, 6.07) is 6.74. The summed E-state index contributed by atoms with van der Waals surface area (Å²) in [6.45, 7) is 2.40. The van der Waals surface area contributed by atoms with Gasteiger partial charge < -0.3 is 10.2 Å². The van der Waals surface area contributed by atoms with Crippen LogP contribution in [0.5, 0.6) is 0 Å². The number of aryl methyl sites for hydroxylation is 1. The summed E-state index contributed by atoms with van der Waals surface area (Å²) in [5.74, 6) is -1.85. The third-order valence-electron chi connectivity index (χ3n) is 4.60. The van der Waals surface area contributed by atoms with Crippen molar-refractivity contribution in [2.45, 2.75) is 32.1 Å². The fraction of sp³-hybridized carbons (Fsp3) is 0.333. The Hall–Kier alpha value is -3.24. The first kappa shape index (κ1) is 19.1. The molecule has 0 bridgehead atoms. The van der Waals surface area contributed by atoms with Crippen LogP contribution < -0.4 is 5.32 Å². The van der Waals surface area contributed by atoms with E-state index in [1.54, 1.807) is 24.0 Å². The molecule has 4 rings (SSSR count). The SMILES string of the molecule is Cc1cc(NC2CCN(Cc3ccc(F)cc3)C2=O)n2nc(C(F)(F)F)nc2n1. The Kier molecular flexibility index (Phi) is 4.59. The Balaban J connectivity index is 1.54. The molecule has 1 fully saturated rings. The number of anilines is 1. The van der Waals surface area contributed by atoms with Gasteiger partial charge in [-0.1, -0.05) is 12.1 Å². The number of hydrogen-bond donors (Lipinski definition) is 1. The predicted octanol–water partition coefficient (Wildman–Crippen LogP) is 2.80. The van der Waals surface area contributed by atoms with E-state index in [1.165, 1.54) is 18.2 Å². The molecule has 1 aliphatic heterocycles. The Morgan fingerprint density at radius 1 is 1.21 bits per heavy atom. The molecular formula is C18H16F4N6O. The summed E-state index contributed by atoms with van der Waals surface area (Å²) in [6.07, 6.45) is -4.24. The maximum Gasteiger partial charge on any atom is 0.453 e. The highest BCUT2D eigenvalue weighted by Gasteiger charge is 2.37. The standard InChI is InChI=1S/C18H16F4N6O/c1-10-8-14(28-17(23-10)25-16(26-28)18(20,21)22)24-13-6-7-27(15(13)29)9-11-2-4-12(19)5-3-11/h2-5,8,13,24H,6-7,9H2,1H3. The monoisotopic (exact) mass is 408 g/mol. The van der Waals surface area contributed by atoms with Crippen molar-refractivity contribution in [2.75, 3.05) is 11.9 Å². The summed E-state index contributed by atoms with van der Waals surface area (Å²) < 4.78 is 52.8. The zero-order valence-electron chi connectivity index (χ0n) is 15.2. The molecule has 11 heteroatoms. The molecule has 7 nitrogen and oxygen atoms in total. The van der Waals surface area contributed by atoms with Gasteiger partial charge in [-0.2, -0.15) is 22.7 Å². The van der Waals surface area contributed by atoms with Crippen molar-refractivity contribution < 1.29 is 22.4 Å². The first-order valence-electron chi connectivity index (χ1n) is 8.82. The topological polar surface area (TPSA) is 75.4 Å². The molecule has 1 aromatic carbocycles. The first-order chi connectivity index (χ1) is 13.7. The number of rotatable bonds is 4. The molecule has 1 saturated heterocycles. The summed E-state index contributed by atoms with van der Waals surface area (Å²) in [5.41, 5.74) is 1.23. The molecule has 2 aromatic heterocycles. The van der Waals surface area contributed by atoms with Gasteiger partial charge in [0.05, 0.1) is 0 Å². The van der Waals surface area contributed by atoms with Gasteiger partial charge in [0.2, 0.25) is 5.91 Å². The second-order valence-electron chi connectivity index (χ2n) is 6.80. The average molecular weight is 408 g/mol. The minimum Gasteiger partial charge on any atom is -0.358 e. The number of nitrogens with one attached hydrogen (secondary N) is 1. The number of benzene rings is 1.